The number of nitrogens with zero attached hydrogens (tertiary/aromatic N) is 1. The molecular weight excluding hydrogens is 262 g/mol. The van der Waals surface area contributed by atoms with Crippen LogP contribution in [0.1, 0.15) is 16.1 Å². The molecule has 0 spiro atoms. The zero-order chi connectivity index (χ0) is 13.2. The standard InChI is InChI=1S/C15H10ClNO2/c16-12-1-2-14-11(8-12)9-15(19-14)13(18)7-10-3-5-17-6-4-10/h1-6,8-9H,7H2. The molecule has 2 aromatic heterocycles. The molecule has 0 unspecified atom stereocenters. The average Bonchev–Trinajstić information content (AvgIpc) is 2.83. The molecular formula is C15H10ClNO2. The van der Waals surface area contributed by atoms with Crippen LogP contribution in [-0.2, 0) is 6.42 Å². The van der Waals surface area contributed by atoms with E-state index in [4.69, 9.17) is 16.0 Å². The number of pyridine rings is 1. The number of hydrogen-bond acceptors (Lipinski definition) is 3. The van der Waals surface area contributed by atoms with Crippen LogP contribution < -0.4 is 0 Å². The van der Waals surface area contributed by atoms with Crippen LogP contribution in [0.2, 0.25) is 5.02 Å². The lowest BCUT2D eigenvalue weighted by Gasteiger charge is -1.97. The largest absolute Gasteiger partial charge is 0.453 e. The lowest BCUT2D eigenvalue weighted by Crippen LogP contribution is -2.01. The highest BCUT2D eigenvalue weighted by Gasteiger charge is 2.13. The predicted molar refractivity (Wildman–Crippen MR) is 73.5 cm³/mol. The number of Topliss-reactive ketones (excluding diaryl/α,β-unsaturated/α-hetero) is 1. The number of furan rings is 1. The molecule has 0 amide bonds. The van der Waals surface area contributed by atoms with Gasteiger partial charge in [-0.2, -0.15) is 0 Å². The Hall–Kier alpha value is -2.13. The molecule has 2 heterocycles. The van der Waals surface area contributed by atoms with Gasteiger partial charge in [-0.3, -0.25) is 9.78 Å². The van der Waals surface area contributed by atoms with E-state index in [1.54, 1.807) is 36.7 Å². The van der Waals surface area contributed by atoms with Gasteiger partial charge in [-0.1, -0.05) is 11.6 Å². The minimum atomic E-state index is -0.0569. The topological polar surface area (TPSA) is 43.1 Å². The molecule has 3 nitrogen and oxygen atoms in total. The van der Waals surface area contributed by atoms with E-state index in [9.17, 15) is 4.79 Å². The molecule has 3 rings (SSSR count). The van der Waals surface area contributed by atoms with E-state index in [1.807, 2.05) is 12.1 Å². The smallest absolute Gasteiger partial charge is 0.202 e. The summed E-state index contributed by atoms with van der Waals surface area (Å²) in [5.74, 6) is 0.299. The van der Waals surface area contributed by atoms with Crippen molar-refractivity contribution in [2.75, 3.05) is 0 Å². The molecule has 0 fully saturated rings. The summed E-state index contributed by atoms with van der Waals surface area (Å²) in [4.78, 5) is 16.0. The Kier molecular flexibility index (Phi) is 3.05. The van der Waals surface area contributed by atoms with Crippen LogP contribution in [0.3, 0.4) is 0 Å². The van der Waals surface area contributed by atoms with E-state index in [2.05, 4.69) is 4.98 Å². The van der Waals surface area contributed by atoms with E-state index in [0.717, 1.165) is 10.9 Å². The first-order valence-electron chi connectivity index (χ1n) is 5.83. The zero-order valence-electron chi connectivity index (χ0n) is 9.97. The Bertz CT molecular complexity index is 734. The molecule has 0 aliphatic carbocycles. The van der Waals surface area contributed by atoms with Gasteiger partial charge in [0.2, 0.25) is 5.78 Å². The Morgan fingerprint density at radius 3 is 2.74 bits per heavy atom. The normalized spacial score (nSPS) is 10.8. The number of carbonyl (C=O) groups excluding carboxylic acids is 1. The number of aromatic nitrogens is 1. The SMILES string of the molecule is O=C(Cc1ccncc1)c1cc2cc(Cl)ccc2o1. The second-order valence-corrected chi connectivity index (χ2v) is 4.68. The molecule has 4 heteroatoms. The van der Waals surface area contributed by atoms with Gasteiger partial charge >= 0.3 is 0 Å². The Labute approximate surface area is 114 Å². The van der Waals surface area contributed by atoms with Crippen molar-refractivity contribution in [2.45, 2.75) is 6.42 Å². The summed E-state index contributed by atoms with van der Waals surface area (Å²) >= 11 is 5.90. The highest BCUT2D eigenvalue weighted by atomic mass is 35.5. The zero-order valence-corrected chi connectivity index (χ0v) is 10.7. The van der Waals surface area contributed by atoms with Crippen molar-refractivity contribution < 1.29 is 9.21 Å². The first-order chi connectivity index (χ1) is 9.22. The molecule has 94 valence electrons. The predicted octanol–water partition coefficient (Wildman–Crippen LogP) is 3.91. The van der Waals surface area contributed by atoms with Crippen LogP contribution in [0.25, 0.3) is 11.0 Å². The van der Waals surface area contributed by atoms with Crippen molar-refractivity contribution in [1.82, 2.24) is 4.98 Å². The van der Waals surface area contributed by atoms with Gasteiger partial charge in [0.25, 0.3) is 0 Å². The number of rotatable bonds is 3. The summed E-state index contributed by atoms with van der Waals surface area (Å²) < 4.78 is 5.53. The Balaban J connectivity index is 1.89. The van der Waals surface area contributed by atoms with Crippen molar-refractivity contribution in [2.24, 2.45) is 0 Å². The van der Waals surface area contributed by atoms with Gasteiger partial charge < -0.3 is 4.42 Å². The summed E-state index contributed by atoms with van der Waals surface area (Å²) in [6.45, 7) is 0. The number of benzene rings is 1. The van der Waals surface area contributed by atoms with Crippen molar-refractivity contribution in [3.05, 3.63) is 65.1 Å². The fraction of sp³-hybridized carbons (Fsp3) is 0.0667. The Morgan fingerprint density at radius 2 is 1.95 bits per heavy atom. The summed E-state index contributed by atoms with van der Waals surface area (Å²) in [7, 11) is 0. The highest BCUT2D eigenvalue weighted by Crippen LogP contribution is 2.23. The van der Waals surface area contributed by atoms with E-state index in [-0.39, 0.29) is 5.78 Å². The lowest BCUT2D eigenvalue weighted by atomic mass is 10.1. The van der Waals surface area contributed by atoms with Crippen molar-refractivity contribution in [3.8, 4) is 0 Å². The third-order valence-corrected chi connectivity index (χ3v) is 3.10. The molecule has 0 saturated heterocycles. The van der Waals surface area contributed by atoms with Gasteiger partial charge in [-0.25, -0.2) is 0 Å². The third-order valence-electron chi connectivity index (χ3n) is 2.87. The number of fused-ring (bicyclic) bond motifs is 1. The van der Waals surface area contributed by atoms with Gasteiger partial charge in [0.15, 0.2) is 5.76 Å². The molecule has 0 aliphatic rings. The molecule has 0 atom stereocenters. The molecule has 19 heavy (non-hydrogen) atoms. The molecule has 1 aromatic carbocycles. The van der Waals surface area contributed by atoms with Crippen LogP contribution in [0, 0.1) is 0 Å². The number of halogens is 1. The van der Waals surface area contributed by atoms with Crippen LogP contribution in [0.5, 0.6) is 0 Å². The van der Waals surface area contributed by atoms with Crippen LogP contribution in [-0.4, -0.2) is 10.8 Å². The van der Waals surface area contributed by atoms with Crippen LogP contribution in [0.15, 0.2) is 53.2 Å². The minimum absolute atomic E-state index is 0.0569. The van der Waals surface area contributed by atoms with E-state index in [0.29, 0.717) is 22.8 Å². The van der Waals surface area contributed by atoms with Crippen molar-refractivity contribution in [1.29, 1.82) is 0 Å². The second kappa shape index (κ2) is 4.86. The highest BCUT2D eigenvalue weighted by molar-refractivity contribution is 6.31. The van der Waals surface area contributed by atoms with Crippen molar-refractivity contribution >= 4 is 28.4 Å². The minimum Gasteiger partial charge on any atom is -0.453 e. The number of ketones is 1. The quantitative estimate of drug-likeness (QED) is 0.679. The van der Waals surface area contributed by atoms with Crippen molar-refractivity contribution in [3.63, 3.8) is 0 Å². The molecule has 0 N–H and O–H groups in total. The van der Waals surface area contributed by atoms with Crippen LogP contribution in [0.4, 0.5) is 0 Å². The first-order valence-corrected chi connectivity index (χ1v) is 6.21. The number of carbonyl (C=O) groups is 1. The molecule has 3 aromatic rings. The lowest BCUT2D eigenvalue weighted by molar-refractivity contribution is 0.0968. The van der Waals surface area contributed by atoms with E-state index >= 15 is 0 Å². The summed E-state index contributed by atoms with van der Waals surface area (Å²) in [6, 6.07) is 10.6. The summed E-state index contributed by atoms with van der Waals surface area (Å²) in [5.41, 5.74) is 1.58. The monoisotopic (exact) mass is 271 g/mol. The maximum absolute atomic E-state index is 12.1. The van der Waals surface area contributed by atoms with E-state index in [1.165, 1.54) is 0 Å². The molecule has 0 radical (unpaired) electrons. The van der Waals surface area contributed by atoms with Gasteiger partial charge in [0.05, 0.1) is 0 Å². The summed E-state index contributed by atoms with van der Waals surface area (Å²) in [5, 5.41) is 1.46. The van der Waals surface area contributed by atoms with Gasteiger partial charge in [0.1, 0.15) is 5.58 Å². The summed E-state index contributed by atoms with van der Waals surface area (Å²) in [6.07, 6.45) is 3.64. The van der Waals surface area contributed by atoms with Gasteiger partial charge in [0, 0.05) is 29.2 Å². The van der Waals surface area contributed by atoms with E-state index < -0.39 is 0 Å². The van der Waals surface area contributed by atoms with Crippen LogP contribution >= 0.6 is 11.6 Å². The molecule has 0 saturated carbocycles. The maximum Gasteiger partial charge on any atom is 0.202 e. The second-order valence-electron chi connectivity index (χ2n) is 4.25. The molecule has 0 aliphatic heterocycles. The Morgan fingerprint density at radius 1 is 1.16 bits per heavy atom. The third kappa shape index (κ3) is 2.51. The first kappa shape index (κ1) is 11.9. The fourth-order valence-electron chi connectivity index (χ4n) is 1.92. The van der Waals surface area contributed by atoms with Gasteiger partial charge in [-0.15, -0.1) is 0 Å². The van der Waals surface area contributed by atoms with Gasteiger partial charge in [-0.05, 0) is 42.0 Å². The maximum atomic E-state index is 12.1. The molecule has 0 bridgehead atoms. The average molecular weight is 272 g/mol. The fourth-order valence-corrected chi connectivity index (χ4v) is 2.11. The number of hydrogen-bond donors (Lipinski definition) is 0.